The van der Waals surface area contributed by atoms with Crippen LogP contribution in [-0.2, 0) is 4.74 Å². The molecule has 2 heterocycles. The monoisotopic (exact) mass is 292 g/mol. The first-order chi connectivity index (χ1) is 9.63. The minimum Gasteiger partial charge on any atom is -0.383 e. The van der Waals surface area contributed by atoms with Crippen LogP contribution in [0.25, 0.3) is 11.1 Å². The third-order valence-corrected chi connectivity index (χ3v) is 3.93. The van der Waals surface area contributed by atoms with E-state index < -0.39 is 0 Å². The maximum absolute atomic E-state index is 6.00. The molecule has 2 aromatic rings. The Hall–Kier alpha value is -1.66. The van der Waals surface area contributed by atoms with Crippen molar-refractivity contribution in [2.24, 2.45) is 5.92 Å². The van der Waals surface area contributed by atoms with E-state index in [1.807, 2.05) is 12.1 Å². The molecule has 6 heteroatoms. The third-order valence-electron chi connectivity index (χ3n) is 3.14. The van der Waals surface area contributed by atoms with E-state index in [-0.39, 0.29) is 6.04 Å². The van der Waals surface area contributed by atoms with Crippen LogP contribution >= 0.6 is 11.5 Å². The average molecular weight is 292 g/mol. The van der Waals surface area contributed by atoms with E-state index >= 15 is 0 Å². The van der Waals surface area contributed by atoms with Crippen LogP contribution in [0.1, 0.15) is 13.8 Å². The minimum atomic E-state index is 0.218. The molecule has 108 valence electrons. The van der Waals surface area contributed by atoms with Gasteiger partial charge in [-0.05, 0) is 23.5 Å². The number of anilines is 2. The molecule has 20 heavy (non-hydrogen) atoms. The average Bonchev–Trinajstić information content (AvgIpc) is 2.80. The van der Waals surface area contributed by atoms with Crippen LogP contribution in [0, 0.1) is 5.92 Å². The minimum absolute atomic E-state index is 0.218. The second-order valence-electron chi connectivity index (χ2n) is 4.96. The van der Waals surface area contributed by atoms with Gasteiger partial charge in [-0.3, -0.25) is 4.98 Å². The highest BCUT2D eigenvalue weighted by atomic mass is 32.1. The second kappa shape index (κ2) is 6.67. The normalized spacial score (nSPS) is 12.6. The zero-order valence-corrected chi connectivity index (χ0v) is 12.8. The fraction of sp³-hybridized carbons (Fsp3) is 0.429. The summed E-state index contributed by atoms with van der Waals surface area (Å²) in [6, 6.07) is 4.10. The topological polar surface area (TPSA) is 73.1 Å². The molecule has 2 rings (SSSR count). The highest BCUT2D eigenvalue weighted by Crippen LogP contribution is 2.37. The quantitative estimate of drug-likeness (QED) is 0.856. The van der Waals surface area contributed by atoms with Gasteiger partial charge < -0.3 is 15.8 Å². The molecule has 0 bridgehead atoms. The Morgan fingerprint density at radius 2 is 2.25 bits per heavy atom. The summed E-state index contributed by atoms with van der Waals surface area (Å²) in [5, 5.41) is 4.45. The molecule has 2 aromatic heterocycles. The molecule has 0 aliphatic heterocycles. The van der Waals surface area contributed by atoms with Crippen molar-refractivity contribution in [1.82, 2.24) is 9.36 Å². The number of nitrogens with one attached hydrogen (secondary N) is 1. The molecule has 0 radical (unpaired) electrons. The third kappa shape index (κ3) is 3.26. The molecule has 0 aliphatic rings. The first-order valence-corrected chi connectivity index (χ1v) is 7.31. The van der Waals surface area contributed by atoms with Gasteiger partial charge in [-0.2, -0.15) is 4.37 Å². The molecule has 0 amide bonds. The lowest BCUT2D eigenvalue weighted by Crippen LogP contribution is -2.30. The maximum Gasteiger partial charge on any atom is 0.147 e. The molecule has 1 unspecified atom stereocenters. The number of nitrogens with two attached hydrogens (primary N) is 1. The molecule has 0 aliphatic carbocycles. The predicted octanol–water partition coefficient (Wildman–Crippen LogP) is 2.87. The van der Waals surface area contributed by atoms with Gasteiger partial charge in [-0.25, -0.2) is 0 Å². The number of hydrogen-bond acceptors (Lipinski definition) is 6. The summed E-state index contributed by atoms with van der Waals surface area (Å²) in [5.74, 6) is 0.977. The number of methoxy groups -OCH3 is 1. The highest BCUT2D eigenvalue weighted by Gasteiger charge is 2.19. The van der Waals surface area contributed by atoms with Crippen molar-refractivity contribution >= 4 is 22.4 Å². The van der Waals surface area contributed by atoms with Crippen LogP contribution in [0.4, 0.5) is 10.8 Å². The van der Waals surface area contributed by atoms with E-state index in [1.165, 1.54) is 11.5 Å². The number of aromatic nitrogens is 2. The van der Waals surface area contributed by atoms with Crippen LogP contribution in [0.2, 0.25) is 0 Å². The number of nitrogen functional groups attached to an aromatic ring is 1. The van der Waals surface area contributed by atoms with Gasteiger partial charge in [0.1, 0.15) is 10.8 Å². The van der Waals surface area contributed by atoms with Crippen molar-refractivity contribution in [3.8, 4) is 11.1 Å². The van der Waals surface area contributed by atoms with Crippen molar-refractivity contribution in [1.29, 1.82) is 0 Å². The number of nitrogens with zero attached hydrogens (tertiary/aromatic N) is 2. The summed E-state index contributed by atoms with van der Waals surface area (Å²) >= 11 is 1.37. The van der Waals surface area contributed by atoms with Gasteiger partial charge in [-0.15, -0.1) is 0 Å². The Morgan fingerprint density at radius 1 is 1.45 bits per heavy atom. The van der Waals surface area contributed by atoms with Gasteiger partial charge in [-0.1, -0.05) is 19.9 Å². The maximum atomic E-state index is 6.00. The Labute approximate surface area is 123 Å². The van der Waals surface area contributed by atoms with Gasteiger partial charge in [0.15, 0.2) is 0 Å². The molecular formula is C14H20N4OS. The van der Waals surface area contributed by atoms with E-state index in [0.29, 0.717) is 18.3 Å². The summed E-state index contributed by atoms with van der Waals surface area (Å²) in [5.41, 5.74) is 7.89. The second-order valence-corrected chi connectivity index (χ2v) is 5.74. The van der Waals surface area contributed by atoms with Crippen molar-refractivity contribution < 1.29 is 4.74 Å². The fourth-order valence-electron chi connectivity index (χ4n) is 1.94. The zero-order valence-electron chi connectivity index (χ0n) is 12.0. The summed E-state index contributed by atoms with van der Waals surface area (Å²) < 4.78 is 9.52. The molecule has 5 nitrogen and oxygen atoms in total. The van der Waals surface area contributed by atoms with Gasteiger partial charge in [0, 0.05) is 25.1 Å². The van der Waals surface area contributed by atoms with E-state index in [4.69, 9.17) is 10.5 Å². The van der Waals surface area contributed by atoms with Crippen LogP contribution in [-0.4, -0.2) is 29.1 Å². The lowest BCUT2D eigenvalue weighted by Gasteiger charge is -2.22. The van der Waals surface area contributed by atoms with Gasteiger partial charge >= 0.3 is 0 Å². The van der Waals surface area contributed by atoms with Gasteiger partial charge in [0.05, 0.1) is 18.2 Å². The summed E-state index contributed by atoms with van der Waals surface area (Å²) in [6.07, 6.45) is 3.54. The van der Waals surface area contributed by atoms with E-state index in [1.54, 1.807) is 19.5 Å². The van der Waals surface area contributed by atoms with Crippen LogP contribution < -0.4 is 11.1 Å². The lowest BCUT2D eigenvalue weighted by atomic mass is 10.0. The Balaban J connectivity index is 2.29. The largest absolute Gasteiger partial charge is 0.383 e. The predicted molar refractivity (Wildman–Crippen MR) is 83.9 cm³/mol. The van der Waals surface area contributed by atoms with Crippen LogP contribution in [0.15, 0.2) is 24.5 Å². The number of ether oxygens (including phenoxy) is 1. The number of hydrogen-bond donors (Lipinski definition) is 2. The Kier molecular flexibility index (Phi) is 4.92. The summed E-state index contributed by atoms with van der Waals surface area (Å²) in [6.45, 7) is 4.96. The SMILES string of the molecule is COCC(Nc1snc(N)c1-c1cccnc1)C(C)C. The first kappa shape index (κ1) is 14.7. The summed E-state index contributed by atoms with van der Waals surface area (Å²) in [4.78, 5) is 4.14. The molecule has 0 aromatic carbocycles. The molecule has 1 atom stereocenters. The number of rotatable bonds is 6. The molecule has 0 saturated heterocycles. The van der Waals surface area contributed by atoms with Crippen molar-refractivity contribution in [2.75, 3.05) is 24.8 Å². The molecular weight excluding hydrogens is 272 g/mol. The number of pyridine rings is 1. The van der Waals surface area contributed by atoms with Crippen LogP contribution in [0.3, 0.4) is 0 Å². The van der Waals surface area contributed by atoms with Gasteiger partial charge in [0.25, 0.3) is 0 Å². The zero-order chi connectivity index (χ0) is 14.5. The Bertz CT molecular complexity index is 541. The first-order valence-electron chi connectivity index (χ1n) is 6.54. The molecule has 0 fully saturated rings. The lowest BCUT2D eigenvalue weighted by molar-refractivity contribution is 0.171. The van der Waals surface area contributed by atoms with Crippen molar-refractivity contribution in [2.45, 2.75) is 19.9 Å². The smallest absolute Gasteiger partial charge is 0.147 e. The van der Waals surface area contributed by atoms with E-state index in [2.05, 4.69) is 28.5 Å². The van der Waals surface area contributed by atoms with Crippen LogP contribution in [0.5, 0.6) is 0 Å². The van der Waals surface area contributed by atoms with Crippen molar-refractivity contribution in [3.05, 3.63) is 24.5 Å². The van der Waals surface area contributed by atoms with Gasteiger partial charge in [0.2, 0.25) is 0 Å². The van der Waals surface area contributed by atoms with Crippen molar-refractivity contribution in [3.63, 3.8) is 0 Å². The highest BCUT2D eigenvalue weighted by molar-refractivity contribution is 7.11. The Morgan fingerprint density at radius 3 is 2.85 bits per heavy atom. The standard InChI is InChI=1S/C14H20N4OS/c1-9(2)11(8-19-3)17-14-12(13(15)18-20-14)10-5-4-6-16-7-10/h4-7,9,11,17H,8H2,1-3H3,(H2,15,18). The van der Waals surface area contributed by atoms with E-state index in [0.717, 1.165) is 16.1 Å². The molecule has 0 saturated carbocycles. The summed E-state index contributed by atoms with van der Waals surface area (Å²) in [7, 11) is 1.71. The molecule has 0 spiro atoms. The fourth-order valence-corrected chi connectivity index (χ4v) is 2.74. The van der Waals surface area contributed by atoms with E-state index in [9.17, 15) is 0 Å². The molecule has 3 N–H and O–H groups in total.